The number of halogens is 2. The lowest BCUT2D eigenvalue weighted by molar-refractivity contribution is -0.526. The molecule has 0 aliphatic carbocycles. The van der Waals surface area contributed by atoms with Gasteiger partial charge < -0.3 is 10.1 Å². The second-order valence-electron chi connectivity index (χ2n) is 5.25. The van der Waals surface area contributed by atoms with Crippen molar-refractivity contribution in [2.45, 2.75) is 25.4 Å². The summed E-state index contributed by atoms with van der Waals surface area (Å²) >= 11 is 12.6. The number of hydrogen-bond donors (Lipinski definition) is 1. The molecule has 0 aliphatic heterocycles. The summed E-state index contributed by atoms with van der Waals surface area (Å²) in [5, 5.41) is 15.5. The zero-order valence-electron chi connectivity index (χ0n) is 13.3. The van der Waals surface area contributed by atoms with E-state index in [9.17, 15) is 10.1 Å². The van der Waals surface area contributed by atoms with Crippen LogP contribution in [0.1, 0.15) is 24.9 Å². The first-order chi connectivity index (χ1) is 11.5. The molecule has 128 valence electrons. The molecule has 5 nitrogen and oxygen atoms in total. The molecule has 0 radical (unpaired) electrons. The summed E-state index contributed by atoms with van der Waals surface area (Å²) in [4.78, 5) is 11.2. The highest BCUT2D eigenvalue weighted by Crippen LogP contribution is 2.36. The molecule has 0 heterocycles. The molecule has 2 rings (SSSR count). The van der Waals surface area contributed by atoms with Crippen molar-refractivity contribution in [1.29, 1.82) is 0 Å². The van der Waals surface area contributed by atoms with Gasteiger partial charge in [-0.2, -0.15) is 0 Å². The van der Waals surface area contributed by atoms with E-state index < -0.39 is 12.1 Å². The maximum absolute atomic E-state index is 11.5. The van der Waals surface area contributed by atoms with Crippen LogP contribution >= 0.6 is 23.2 Å². The lowest BCUT2D eigenvalue weighted by Gasteiger charge is -2.25. The van der Waals surface area contributed by atoms with Gasteiger partial charge in [0.2, 0.25) is 6.04 Å². The largest absolute Gasteiger partial charge is 0.497 e. The number of nitrogens with one attached hydrogen (secondary N) is 1. The molecule has 0 aliphatic rings. The van der Waals surface area contributed by atoms with Gasteiger partial charge in [0.1, 0.15) is 11.8 Å². The van der Waals surface area contributed by atoms with E-state index in [2.05, 4.69) is 5.32 Å². The molecule has 0 aromatic heterocycles. The third-order valence-electron chi connectivity index (χ3n) is 3.80. The number of methoxy groups -OCH3 is 1. The third-order valence-corrected chi connectivity index (χ3v) is 4.46. The van der Waals surface area contributed by atoms with Gasteiger partial charge in [-0.3, -0.25) is 10.1 Å². The first-order valence-corrected chi connectivity index (χ1v) is 8.21. The van der Waals surface area contributed by atoms with E-state index in [1.165, 1.54) is 0 Å². The fraction of sp³-hybridized carbons (Fsp3) is 0.294. The maximum Gasteiger partial charge on any atom is 0.236 e. The SMILES string of the molecule is CC[C@H]([C@@H](Nc1ccc(OC)cc1)c1c(Cl)cccc1Cl)[N+](=O)[O-]. The Morgan fingerprint density at radius 2 is 1.75 bits per heavy atom. The zero-order valence-corrected chi connectivity index (χ0v) is 14.8. The number of hydrogen-bond acceptors (Lipinski definition) is 4. The summed E-state index contributed by atoms with van der Waals surface area (Å²) in [6.45, 7) is 1.76. The van der Waals surface area contributed by atoms with Crippen LogP contribution < -0.4 is 10.1 Å². The standard InChI is InChI=1S/C17H18Cl2N2O3/c1-3-15(21(22)23)17(16-13(18)5-4-6-14(16)19)20-11-7-9-12(24-2)10-8-11/h4-10,15,17,20H,3H2,1-2H3/t15-,17-/m1/s1. The van der Waals surface area contributed by atoms with Crippen LogP contribution in [0.4, 0.5) is 5.69 Å². The Balaban J connectivity index is 2.44. The Morgan fingerprint density at radius 1 is 1.17 bits per heavy atom. The van der Waals surface area contributed by atoms with Gasteiger partial charge in [0.25, 0.3) is 0 Å². The molecule has 0 bridgehead atoms. The van der Waals surface area contributed by atoms with Crippen molar-refractivity contribution in [3.63, 3.8) is 0 Å². The van der Waals surface area contributed by atoms with Crippen molar-refractivity contribution >= 4 is 28.9 Å². The summed E-state index contributed by atoms with van der Waals surface area (Å²) in [6.07, 6.45) is 0.336. The third kappa shape index (κ3) is 4.10. The van der Waals surface area contributed by atoms with Crippen LogP contribution in [-0.2, 0) is 0 Å². The van der Waals surface area contributed by atoms with E-state index in [0.29, 0.717) is 27.8 Å². The quantitative estimate of drug-likeness (QED) is 0.537. The van der Waals surface area contributed by atoms with Crippen molar-refractivity contribution in [3.05, 3.63) is 68.2 Å². The second-order valence-corrected chi connectivity index (χ2v) is 6.06. The molecule has 2 atom stereocenters. The van der Waals surface area contributed by atoms with Crippen LogP contribution in [0.25, 0.3) is 0 Å². The molecule has 0 saturated carbocycles. The molecule has 0 unspecified atom stereocenters. The average Bonchev–Trinajstić information content (AvgIpc) is 2.55. The predicted molar refractivity (Wildman–Crippen MR) is 96.9 cm³/mol. The smallest absolute Gasteiger partial charge is 0.236 e. The number of rotatable bonds is 7. The minimum Gasteiger partial charge on any atom is -0.497 e. The van der Waals surface area contributed by atoms with E-state index in [1.807, 2.05) is 0 Å². The van der Waals surface area contributed by atoms with Gasteiger partial charge in [0, 0.05) is 32.6 Å². The van der Waals surface area contributed by atoms with Gasteiger partial charge in [-0.05, 0) is 36.4 Å². The fourth-order valence-corrected chi connectivity index (χ4v) is 3.17. The predicted octanol–water partition coefficient (Wildman–Crippen LogP) is 5.21. The molecular formula is C17H18Cl2N2O3. The van der Waals surface area contributed by atoms with Crippen molar-refractivity contribution in [2.24, 2.45) is 0 Å². The normalized spacial score (nSPS) is 13.2. The highest BCUT2D eigenvalue weighted by molar-refractivity contribution is 6.36. The Morgan fingerprint density at radius 3 is 2.21 bits per heavy atom. The highest BCUT2D eigenvalue weighted by Gasteiger charge is 2.34. The first kappa shape index (κ1) is 18.4. The van der Waals surface area contributed by atoms with Crippen LogP contribution in [0, 0.1) is 10.1 Å². The van der Waals surface area contributed by atoms with Crippen molar-refractivity contribution in [1.82, 2.24) is 0 Å². The molecule has 0 amide bonds. The van der Waals surface area contributed by atoms with Crippen molar-refractivity contribution < 1.29 is 9.66 Å². The van der Waals surface area contributed by atoms with Gasteiger partial charge in [-0.25, -0.2) is 0 Å². The topological polar surface area (TPSA) is 64.4 Å². The van der Waals surface area contributed by atoms with Crippen LogP contribution in [0.15, 0.2) is 42.5 Å². The maximum atomic E-state index is 11.5. The summed E-state index contributed by atoms with van der Waals surface area (Å²) in [6, 6.07) is 10.7. The Hall–Kier alpha value is -1.98. The van der Waals surface area contributed by atoms with Gasteiger partial charge >= 0.3 is 0 Å². The molecule has 1 N–H and O–H groups in total. The number of anilines is 1. The van der Waals surface area contributed by atoms with Gasteiger partial charge in [-0.1, -0.05) is 36.2 Å². The average molecular weight is 369 g/mol. The van der Waals surface area contributed by atoms with E-state index in [0.717, 1.165) is 5.69 Å². The van der Waals surface area contributed by atoms with Gasteiger partial charge in [0.05, 0.1) is 7.11 Å². The fourth-order valence-electron chi connectivity index (χ4n) is 2.54. The van der Waals surface area contributed by atoms with Crippen molar-refractivity contribution in [2.75, 3.05) is 12.4 Å². The van der Waals surface area contributed by atoms with E-state index in [4.69, 9.17) is 27.9 Å². The monoisotopic (exact) mass is 368 g/mol. The summed E-state index contributed by atoms with van der Waals surface area (Å²) in [7, 11) is 1.58. The minimum absolute atomic E-state index is 0.305. The summed E-state index contributed by atoms with van der Waals surface area (Å²) in [5.41, 5.74) is 1.25. The zero-order chi connectivity index (χ0) is 17.7. The van der Waals surface area contributed by atoms with E-state index in [1.54, 1.807) is 56.5 Å². The molecular weight excluding hydrogens is 351 g/mol. The van der Waals surface area contributed by atoms with Crippen LogP contribution in [0.2, 0.25) is 10.0 Å². The molecule has 0 spiro atoms. The summed E-state index contributed by atoms with van der Waals surface area (Å²) < 4.78 is 5.13. The van der Waals surface area contributed by atoms with E-state index >= 15 is 0 Å². The number of nitro groups is 1. The minimum atomic E-state index is -0.871. The number of benzene rings is 2. The molecule has 24 heavy (non-hydrogen) atoms. The van der Waals surface area contributed by atoms with E-state index in [-0.39, 0.29) is 4.92 Å². The number of ether oxygens (including phenoxy) is 1. The van der Waals surface area contributed by atoms with Crippen LogP contribution in [-0.4, -0.2) is 18.1 Å². The Labute approximate surface area is 150 Å². The lowest BCUT2D eigenvalue weighted by atomic mass is 9.97. The molecule has 0 saturated heterocycles. The molecule has 2 aromatic rings. The first-order valence-electron chi connectivity index (χ1n) is 7.46. The Bertz CT molecular complexity index is 687. The summed E-state index contributed by atoms with van der Waals surface area (Å²) in [5.74, 6) is 0.703. The Kier molecular flexibility index (Phi) is 6.29. The molecule has 7 heteroatoms. The van der Waals surface area contributed by atoms with Gasteiger partial charge in [0.15, 0.2) is 0 Å². The van der Waals surface area contributed by atoms with Crippen LogP contribution in [0.3, 0.4) is 0 Å². The number of nitrogens with zero attached hydrogens (tertiary/aromatic N) is 1. The molecule has 0 fully saturated rings. The van der Waals surface area contributed by atoms with Crippen LogP contribution in [0.5, 0.6) is 5.75 Å². The molecule has 2 aromatic carbocycles. The van der Waals surface area contributed by atoms with Crippen molar-refractivity contribution in [3.8, 4) is 5.75 Å². The highest BCUT2D eigenvalue weighted by atomic mass is 35.5. The second kappa shape index (κ2) is 8.22. The lowest BCUT2D eigenvalue weighted by Crippen LogP contribution is -2.32. The van der Waals surface area contributed by atoms with Gasteiger partial charge in [-0.15, -0.1) is 0 Å².